The molecule has 2 aromatic carbocycles. The third-order valence-corrected chi connectivity index (χ3v) is 7.99. The number of nitrogens with one attached hydrogen (secondary N) is 1. The zero-order valence-electron chi connectivity index (χ0n) is 20.5. The summed E-state index contributed by atoms with van der Waals surface area (Å²) in [6.45, 7) is 6.36. The van der Waals surface area contributed by atoms with Crippen molar-refractivity contribution in [3.8, 4) is 0 Å². The zero-order valence-corrected chi connectivity index (χ0v) is 21.4. The van der Waals surface area contributed by atoms with Crippen LogP contribution in [0.3, 0.4) is 0 Å². The molecule has 0 saturated carbocycles. The first-order valence-corrected chi connectivity index (χ1v) is 13.2. The Hall–Kier alpha value is -2.70. The van der Waals surface area contributed by atoms with Crippen molar-refractivity contribution < 1.29 is 4.79 Å². The van der Waals surface area contributed by atoms with Gasteiger partial charge >= 0.3 is 0 Å². The van der Waals surface area contributed by atoms with Crippen LogP contribution in [-0.4, -0.2) is 42.0 Å². The van der Waals surface area contributed by atoms with Crippen molar-refractivity contribution in [1.29, 1.82) is 0 Å². The number of hydrogen-bond donors (Lipinski definition) is 1. The van der Waals surface area contributed by atoms with E-state index in [9.17, 15) is 4.79 Å². The highest BCUT2D eigenvalue weighted by Crippen LogP contribution is 2.30. The Balaban J connectivity index is 1.25. The minimum Gasteiger partial charge on any atom is -0.371 e. The van der Waals surface area contributed by atoms with Crippen LogP contribution in [-0.2, 0) is 11.2 Å². The molecular weight excluding hydrogens is 440 g/mol. The first kappa shape index (κ1) is 24.4. The van der Waals surface area contributed by atoms with Crippen LogP contribution < -0.4 is 10.2 Å². The topological polar surface area (TPSA) is 48.5 Å². The summed E-state index contributed by atoms with van der Waals surface area (Å²) in [6, 6.07) is 19.5. The molecule has 6 heteroatoms. The van der Waals surface area contributed by atoms with Crippen molar-refractivity contribution in [3.63, 3.8) is 0 Å². The third-order valence-electron chi connectivity index (χ3n) is 6.85. The van der Waals surface area contributed by atoms with Crippen LogP contribution >= 0.6 is 11.3 Å². The minimum atomic E-state index is 0.0832. The van der Waals surface area contributed by atoms with E-state index in [1.165, 1.54) is 16.3 Å². The number of benzene rings is 2. The maximum Gasteiger partial charge on any atom is 0.224 e. The van der Waals surface area contributed by atoms with Gasteiger partial charge < -0.3 is 10.2 Å². The number of thiazole rings is 1. The number of carbonyl (C=O) groups excluding carboxylic acids is 1. The summed E-state index contributed by atoms with van der Waals surface area (Å²) in [5.41, 5.74) is 4.46. The van der Waals surface area contributed by atoms with E-state index in [1.54, 1.807) is 11.3 Å². The summed E-state index contributed by atoms with van der Waals surface area (Å²) in [6.07, 6.45) is 4.57. The molecule has 1 aliphatic rings. The molecule has 1 aliphatic heterocycles. The van der Waals surface area contributed by atoms with Crippen molar-refractivity contribution in [1.82, 2.24) is 9.88 Å². The van der Waals surface area contributed by atoms with Crippen LogP contribution in [0.5, 0.6) is 0 Å². The molecular formula is C28H36N4OS. The van der Waals surface area contributed by atoms with Gasteiger partial charge in [0.25, 0.3) is 0 Å². The lowest BCUT2D eigenvalue weighted by Gasteiger charge is -2.39. The molecule has 0 bridgehead atoms. The van der Waals surface area contributed by atoms with E-state index in [-0.39, 0.29) is 5.91 Å². The molecule has 2 heterocycles. The van der Waals surface area contributed by atoms with Gasteiger partial charge in [-0.05, 0) is 70.3 Å². The Labute approximate surface area is 207 Å². The van der Waals surface area contributed by atoms with Gasteiger partial charge in [-0.2, -0.15) is 0 Å². The van der Waals surface area contributed by atoms with Gasteiger partial charge in [-0.25, -0.2) is 4.98 Å². The highest BCUT2D eigenvalue weighted by molar-refractivity contribution is 7.09. The van der Waals surface area contributed by atoms with Gasteiger partial charge in [0.2, 0.25) is 5.91 Å². The fourth-order valence-electron chi connectivity index (χ4n) is 4.69. The second kappa shape index (κ2) is 11.6. The molecule has 1 aromatic heterocycles. The smallest absolute Gasteiger partial charge is 0.224 e. The van der Waals surface area contributed by atoms with Crippen LogP contribution in [0, 0.1) is 6.92 Å². The molecule has 0 radical (unpaired) electrons. The number of hydrogen-bond acceptors (Lipinski definition) is 5. The summed E-state index contributed by atoms with van der Waals surface area (Å²) in [4.78, 5) is 22.1. The highest BCUT2D eigenvalue weighted by atomic mass is 32.1. The number of aromatic nitrogens is 1. The fourth-order valence-corrected chi connectivity index (χ4v) is 5.59. The van der Waals surface area contributed by atoms with E-state index < -0.39 is 0 Å². The molecule has 1 amide bonds. The average Bonchev–Trinajstić information content (AvgIpc) is 3.30. The second-order valence-corrected chi connectivity index (χ2v) is 10.2. The van der Waals surface area contributed by atoms with E-state index in [2.05, 4.69) is 70.6 Å². The van der Waals surface area contributed by atoms with Gasteiger partial charge in [-0.1, -0.05) is 36.4 Å². The van der Waals surface area contributed by atoms with Gasteiger partial charge in [0.05, 0.1) is 6.04 Å². The van der Waals surface area contributed by atoms with Crippen molar-refractivity contribution >= 4 is 28.6 Å². The van der Waals surface area contributed by atoms with Gasteiger partial charge in [-0.15, -0.1) is 11.3 Å². The summed E-state index contributed by atoms with van der Waals surface area (Å²) in [5, 5.41) is 6.43. The summed E-state index contributed by atoms with van der Waals surface area (Å²) in [7, 11) is 2.23. The van der Waals surface area contributed by atoms with Gasteiger partial charge in [0.15, 0.2) is 0 Å². The zero-order chi connectivity index (χ0) is 23.9. The van der Waals surface area contributed by atoms with Crippen LogP contribution in [0.1, 0.15) is 54.9 Å². The molecule has 180 valence electrons. The van der Waals surface area contributed by atoms with Crippen LogP contribution in [0.4, 0.5) is 11.4 Å². The Morgan fingerprint density at radius 2 is 1.94 bits per heavy atom. The fraction of sp³-hybridized carbons (Fsp3) is 0.429. The minimum absolute atomic E-state index is 0.0832. The first-order chi connectivity index (χ1) is 16.5. The third kappa shape index (κ3) is 6.45. The molecule has 1 atom stereocenters. The molecule has 4 rings (SSSR count). The van der Waals surface area contributed by atoms with Crippen LogP contribution in [0.2, 0.25) is 0 Å². The lowest BCUT2D eigenvalue weighted by Crippen LogP contribution is -2.44. The Morgan fingerprint density at radius 1 is 1.18 bits per heavy atom. The van der Waals surface area contributed by atoms with Crippen LogP contribution in [0.25, 0.3) is 0 Å². The van der Waals surface area contributed by atoms with Crippen molar-refractivity contribution in [2.24, 2.45) is 0 Å². The highest BCUT2D eigenvalue weighted by Gasteiger charge is 2.27. The predicted octanol–water partition coefficient (Wildman–Crippen LogP) is 6.07. The molecule has 1 N–H and O–H groups in total. The van der Waals surface area contributed by atoms with Crippen molar-refractivity contribution in [2.75, 3.05) is 30.4 Å². The van der Waals surface area contributed by atoms with Crippen molar-refractivity contribution in [3.05, 3.63) is 76.2 Å². The Kier molecular flexibility index (Phi) is 8.35. The van der Waals surface area contributed by atoms with E-state index in [4.69, 9.17) is 0 Å². The van der Waals surface area contributed by atoms with Gasteiger partial charge in [0, 0.05) is 48.0 Å². The average molecular weight is 477 g/mol. The number of nitrogens with zero attached hydrogens (tertiary/aromatic N) is 3. The standard InChI is InChI=1S/C28H36N4OS/c1-21-20-34-28(29-21)22(2)31(3)25-15-17-32(18-16-25)26-13-8-12-24(19-26)30-27(33)14-7-11-23-9-5-4-6-10-23/h4-6,8-10,12-13,19-20,22,25H,7,11,14-18H2,1-3H3,(H,30,33). The van der Waals surface area contributed by atoms with Crippen molar-refractivity contribution in [2.45, 2.75) is 58.0 Å². The normalized spacial score (nSPS) is 15.5. The number of aryl methyl sites for hydroxylation is 2. The molecule has 3 aromatic rings. The monoisotopic (exact) mass is 476 g/mol. The summed E-state index contributed by atoms with van der Waals surface area (Å²) >= 11 is 1.76. The van der Waals surface area contributed by atoms with E-state index >= 15 is 0 Å². The summed E-state index contributed by atoms with van der Waals surface area (Å²) in [5.74, 6) is 0.0832. The quantitative estimate of drug-likeness (QED) is 0.407. The molecule has 1 unspecified atom stereocenters. The molecule has 1 saturated heterocycles. The largest absolute Gasteiger partial charge is 0.371 e. The first-order valence-electron chi connectivity index (χ1n) is 12.3. The van der Waals surface area contributed by atoms with E-state index in [0.717, 1.165) is 50.2 Å². The predicted molar refractivity (Wildman–Crippen MR) is 143 cm³/mol. The number of amides is 1. The number of piperidine rings is 1. The van der Waals surface area contributed by atoms with Gasteiger partial charge in [0.1, 0.15) is 5.01 Å². The number of rotatable bonds is 9. The molecule has 1 fully saturated rings. The molecule has 0 aliphatic carbocycles. The maximum atomic E-state index is 12.5. The molecule has 5 nitrogen and oxygen atoms in total. The molecule has 0 spiro atoms. The van der Waals surface area contributed by atoms with Gasteiger partial charge in [-0.3, -0.25) is 9.69 Å². The molecule has 34 heavy (non-hydrogen) atoms. The Bertz CT molecular complexity index is 1060. The Morgan fingerprint density at radius 3 is 2.65 bits per heavy atom. The summed E-state index contributed by atoms with van der Waals surface area (Å²) < 4.78 is 0. The number of anilines is 2. The van der Waals surface area contributed by atoms with E-state index in [0.29, 0.717) is 18.5 Å². The SMILES string of the molecule is Cc1csc(C(C)N(C)C2CCN(c3cccc(NC(=O)CCCc4ccccc4)c3)CC2)n1. The van der Waals surface area contributed by atoms with Crippen LogP contribution in [0.15, 0.2) is 60.0 Å². The second-order valence-electron chi connectivity index (χ2n) is 9.32. The lowest BCUT2D eigenvalue weighted by atomic mass is 10.0. The van der Waals surface area contributed by atoms with E-state index in [1.807, 2.05) is 30.3 Å². The maximum absolute atomic E-state index is 12.5. The lowest BCUT2D eigenvalue weighted by molar-refractivity contribution is -0.116. The number of carbonyl (C=O) groups is 1.